The van der Waals surface area contributed by atoms with Gasteiger partial charge in [-0.25, -0.2) is 4.79 Å². The van der Waals surface area contributed by atoms with E-state index in [4.69, 9.17) is 4.74 Å². The van der Waals surface area contributed by atoms with Gasteiger partial charge in [0.2, 0.25) is 0 Å². The third-order valence-corrected chi connectivity index (χ3v) is 4.58. The number of amides is 1. The summed E-state index contributed by atoms with van der Waals surface area (Å²) in [5.41, 5.74) is 0.829. The summed E-state index contributed by atoms with van der Waals surface area (Å²) in [6, 6.07) is 6.41. The van der Waals surface area contributed by atoms with E-state index in [1.807, 2.05) is 20.8 Å². The highest BCUT2D eigenvalue weighted by atomic mass is 32.1. The van der Waals surface area contributed by atoms with E-state index in [-0.39, 0.29) is 6.09 Å². The van der Waals surface area contributed by atoms with Gasteiger partial charge in [-0.2, -0.15) is 0 Å². The van der Waals surface area contributed by atoms with Gasteiger partial charge < -0.3 is 15.4 Å². The number of carbonyl (C=O) groups excluding carboxylic acids is 1. The molecule has 6 heteroatoms. The molecule has 0 saturated carbocycles. The molecule has 0 radical (unpaired) electrons. The number of alkyl carbamates (subject to hydrolysis) is 1. The maximum Gasteiger partial charge on any atom is 0.407 e. The number of nitrogens with one attached hydrogen (secondary N) is 2. The Morgan fingerprint density at radius 2 is 2.09 bits per heavy atom. The molecule has 2 N–H and O–H groups in total. The van der Waals surface area contributed by atoms with E-state index in [0.717, 1.165) is 6.54 Å². The van der Waals surface area contributed by atoms with E-state index in [9.17, 15) is 4.79 Å². The highest BCUT2D eigenvalue weighted by Gasteiger charge is 2.15. The molecular weight excluding hydrogens is 316 g/mol. The minimum absolute atomic E-state index is 0.370. The first-order chi connectivity index (χ1) is 10.4. The fourth-order valence-electron chi connectivity index (χ4n) is 1.82. The van der Waals surface area contributed by atoms with Crippen molar-refractivity contribution in [3.63, 3.8) is 0 Å². The number of rotatable bonds is 6. The summed E-state index contributed by atoms with van der Waals surface area (Å²) in [5, 5.41) is 10.3. The van der Waals surface area contributed by atoms with E-state index in [1.165, 1.54) is 15.3 Å². The Hall–Kier alpha value is -1.37. The lowest BCUT2D eigenvalue weighted by molar-refractivity contribution is 0.0528. The molecule has 0 aliphatic heterocycles. The molecule has 0 saturated heterocycles. The molecule has 1 amide bonds. The molecule has 0 fully saturated rings. The van der Waals surface area contributed by atoms with Gasteiger partial charge in [-0.1, -0.05) is 6.07 Å². The molecule has 2 heterocycles. The van der Waals surface area contributed by atoms with Gasteiger partial charge in [-0.3, -0.25) is 0 Å². The van der Waals surface area contributed by atoms with Crippen molar-refractivity contribution >= 4 is 28.8 Å². The Morgan fingerprint density at radius 3 is 2.77 bits per heavy atom. The summed E-state index contributed by atoms with van der Waals surface area (Å²) >= 11 is 3.51. The van der Waals surface area contributed by atoms with Gasteiger partial charge in [-0.15, -0.1) is 22.7 Å². The van der Waals surface area contributed by atoms with Crippen LogP contribution in [-0.4, -0.2) is 24.8 Å². The first-order valence-corrected chi connectivity index (χ1v) is 8.99. The topological polar surface area (TPSA) is 50.4 Å². The monoisotopic (exact) mass is 338 g/mol. The molecule has 0 aliphatic rings. The van der Waals surface area contributed by atoms with Gasteiger partial charge in [0.25, 0.3) is 0 Å². The van der Waals surface area contributed by atoms with Crippen molar-refractivity contribution in [2.24, 2.45) is 0 Å². The van der Waals surface area contributed by atoms with Crippen LogP contribution in [0.3, 0.4) is 0 Å². The SMILES string of the molecule is CC(C)(C)OC(=O)NCCNCc1cc(-c2cccs2)cs1. The van der Waals surface area contributed by atoms with Crippen LogP contribution in [0, 0.1) is 0 Å². The van der Waals surface area contributed by atoms with Gasteiger partial charge in [0.15, 0.2) is 0 Å². The lowest BCUT2D eigenvalue weighted by atomic mass is 10.2. The molecule has 0 bridgehead atoms. The van der Waals surface area contributed by atoms with Crippen LogP contribution in [0.15, 0.2) is 29.0 Å². The predicted octanol–water partition coefficient (Wildman–Crippen LogP) is 4.09. The molecule has 0 aromatic carbocycles. The standard InChI is InChI=1S/C16H22N2O2S2/c1-16(2,3)20-15(19)18-7-6-17-10-13-9-12(11-22-13)14-5-4-8-21-14/h4-5,8-9,11,17H,6-7,10H2,1-3H3,(H,18,19). The molecule has 2 rings (SSSR count). The molecule has 120 valence electrons. The Kier molecular flexibility index (Phi) is 5.99. The van der Waals surface area contributed by atoms with Gasteiger partial charge in [0.1, 0.15) is 5.60 Å². The Morgan fingerprint density at radius 1 is 1.27 bits per heavy atom. The first kappa shape index (κ1) is 17.0. The smallest absolute Gasteiger partial charge is 0.407 e. The van der Waals surface area contributed by atoms with Crippen molar-refractivity contribution in [3.05, 3.63) is 33.8 Å². The van der Waals surface area contributed by atoms with Crippen LogP contribution in [0.1, 0.15) is 25.6 Å². The lowest BCUT2D eigenvalue weighted by Gasteiger charge is -2.19. The molecule has 0 atom stereocenters. The zero-order chi connectivity index (χ0) is 16.0. The fraction of sp³-hybridized carbons (Fsp3) is 0.438. The number of carbonyl (C=O) groups is 1. The van der Waals surface area contributed by atoms with Crippen molar-refractivity contribution in [2.75, 3.05) is 13.1 Å². The number of hydrogen-bond donors (Lipinski definition) is 2. The Labute approximate surface area is 139 Å². The quantitative estimate of drug-likeness (QED) is 0.780. The number of ether oxygens (including phenoxy) is 1. The summed E-state index contributed by atoms with van der Waals surface area (Å²) in [4.78, 5) is 14.1. The average Bonchev–Trinajstić information content (AvgIpc) is 3.06. The molecule has 0 spiro atoms. The fourth-order valence-corrected chi connectivity index (χ4v) is 3.47. The van der Waals surface area contributed by atoms with Gasteiger partial charge in [-0.05, 0) is 43.7 Å². The summed E-state index contributed by atoms with van der Waals surface area (Å²) < 4.78 is 5.17. The minimum atomic E-state index is -0.452. The highest BCUT2D eigenvalue weighted by molar-refractivity contribution is 7.14. The maximum atomic E-state index is 11.5. The molecule has 0 unspecified atom stereocenters. The van der Waals surface area contributed by atoms with Crippen LogP contribution < -0.4 is 10.6 Å². The third-order valence-electron chi connectivity index (χ3n) is 2.73. The van der Waals surface area contributed by atoms with E-state index < -0.39 is 5.60 Å². The van der Waals surface area contributed by atoms with Crippen LogP contribution >= 0.6 is 22.7 Å². The number of hydrogen-bond acceptors (Lipinski definition) is 5. The van der Waals surface area contributed by atoms with E-state index in [2.05, 4.69) is 39.6 Å². The molecule has 0 aliphatic carbocycles. The van der Waals surface area contributed by atoms with Crippen molar-refractivity contribution in [1.29, 1.82) is 0 Å². The normalized spacial score (nSPS) is 11.4. The maximum absolute atomic E-state index is 11.5. The van der Waals surface area contributed by atoms with Crippen molar-refractivity contribution in [3.8, 4) is 10.4 Å². The third kappa shape index (κ3) is 5.79. The molecule has 4 nitrogen and oxygen atoms in total. The average molecular weight is 338 g/mol. The van der Waals surface area contributed by atoms with E-state index in [0.29, 0.717) is 13.1 Å². The summed E-state index contributed by atoms with van der Waals surface area (Å²) in [6.07, 6.45) is -0.370. The van der Waals surface area contributed by atoms with Gasteiger partial charge in [0.05, 0.1) is 0 Å². The van der Waals surface area contributed by atoms with Gasteiger partial charge >= 0.3 is 6.09 Å². The molecule has 2 aromatic rings. The van der Waals surface area contributed by atoms with E-state index >= 15 is 0 Å². The second-order valence-electron chi connectivity index (χ2n) is 5.88. The predicted molar refractivity (Wildman–Crippen MR) is 93.6 cm³/mol. The van der Waals surface area contributed by atoms with Crippen LogP contribution in [-0.2, 0) is 11.3 Å². The van der Waals surface area contributed by atoms with Crippen molar-refractivity contribution in [1.82, 2.24) is 10.6 Å². The summed E-state index contributed by atoms with van der Waals surface area (Å²) in [6.45, 7) is 7.64. The van der Waals surface area contributed by atoms with Crippen LogP contribution in [0.4, 0.5) is 4.79 Å². The zero-order valence-electron chi connectivity index (χ0n) is 13.1. The minimum Gasteiger partial charge on any atom is -0.444 e. The molecular formula is C16H22N2O2S2. The lowest BCUT2D eigenvalue weighted by Crippen LogP contribution is -2.36. The highest BCUT2D eigenvalue weighted by Crippen LogP contribution is 2.29. The number of thiophene rings is 2. The zero-order valence-corrected chi connectivity index (χ0v) is 14.8. The summed E-state index contributed by atoms with van der Waals surface area (Å²) in [7, 11) is 0. The second-order valence-corrected chi connectivity index (χ2v) is 7.83. The first-order valence-electron chi connectivity index (χ1n) is 7.23. The van der Waals surface area contributed by atoms with Crippen LogP contribution in [0.5, 0.6) is 0 Å². The summed E-state index contributed by atoms with van der Waals surface area (Å²) in [5.74, 6) is 0. The van der Waals surface area contributed by atoms with Gasteiger partial charge in [0, 0.05) is 35.0 Å². The molecule has 22 heavy (non-hydrogen) atoms. The van der Waals surface area contributed by atoms with Crippen molar-refractivity contribution in [2.45, 2.75) is 32.9 Å². The van der Waals surface area contributed by atoms with E-state index in [1.54, 1.807) is 22.7 Å². The largest absolute Gasteiger partial charge is 0.444 e. The second kappa shape index (κ2) is 7.76. The van der Waals surface area contributed by atoms with Crippen LogP contribution in [0.25, 0.3) is 10.4 Å². The Balaban J connectivity index is 1.64. The Bertz CT molecular complexity index is 586. The van der Waals surface area contributed by atoms with Crippen molar-refractivity contribution < 1.29 is 9.53 Å². The van der Waals surface area contributed by atoms with Crippen LogP contribution in [0.2, 0.25) is 0 Å². The molecule has 2 aromatic heterocycles.